The van der Waals surface area contributed by atoms with Crippen LogP contribution in [0.15, 0.2) is 48.5 Å². The quantitative estimate of drug-likeness (QED) is 0.720. The number of primary amides is 1. The first-order valence-electron chi connectivity index (χ1n) is 7.45. The Morgan fingerprint density at radius 1 is 1.08 bits per heavy atom. The number of carbonyl (C=O) groups is 1. The van der Waals surface area contributed by atoms with E-state index < -0.39 is 5.91 Å². The number of hydrogen-bond acceptors (Lipinski definition) is 3. The standard InChI is InChI=1S/C17H17FN4O2/c18-12-5-7-13(8-6-12)24-10-9-21-14-3-1-2-4-15(14)22(17(21)20)11-16(19)23/h1-8,20H,9-11H2,(H2,19,23). The summed E-state index contributed by atoms with van der Waals surface area (Å²) in [5, 5.41) is 8.29. The van der Waals surface area contributed by atoms with E-state index in [1.165, 1.54) is 12.1 Å². The number of nitrogens with two attached hydrogens (primary N) is 1. The van der Waals surface area contributed by atoms with Crippen molar-refractivity contribution < 1.29 is 13.9 Å². The van der Waals surface area contributed by atoms with E-state index in [4.69, 9.17) is 15.9 Å². The van der Waals surface area contributed by atoms with Crippen molar-refractivity contribution in [1.29, 1.82) is 5.41 Å². The fraction of sp³-hybridized carbons (Fsp3) is 0.176. The highest BCUT2D eigenvalue weighted by molar-refractivity contribution is 5.79. The zero-order valence-corrected chi connectivity index (χ0v) is 12.9. The first kappa shape index (κ1) is 15.8. The Labute approximate surface area is 137 Å². The average Bonchev–Trinajstić information content (AvgIpc) is 2.82. The zero-order chi connectivity index (χ0) is 17.1. The third-order valence-corrected chi connectivity index (χ3v) is 3.69. The van der Waals surface area contributed by atoms with Crippen molar-refractivity contribution in [2.24, 2.45) is 5.73 Å². The molecule has 0 aliphatic rings. The smallest absolute Gasteiger partial charge is 0.237 e. The van der Waals surface area contributed by atoms with E-state index >= 15 is 0 Å². The monoisotopic (exact) mass is 328 g/mol. The zero-order valence-electron chi connectivity index (χ0n) is 12.9. The Morgan fingerprint density at radius 2 is 1.71 bits per heavy atom. The molecule has 0 aliphatic carbocycles. The Kier molecular flexibility index (Phi) is 4.33. The van der Waals surface area contributed by atoms with Crippen LogP contribution in [-0.4, -0.2) is 21.6 Å². The second-order valence-electron chi connectivity index (χ2n) is 5.32. The third kappa shape index (κ3) is 3.15. The van der Waals surface area contributed by atoms with Crippen LogP contribution in [0.1, 0.15) is 0 Å². The molecule has 0 bridgehead atoms. The summed E-state index contributed by atoms with van der Waals surface area (Å²) in [5.41, 5.74) is 7.04. The van der Waals surface area contributed by atoms with Gasteiger partial charge < -0.3 is 19.6 Å². The highest BCUT2D eigenvalue weighted by Crippen LogP contribution is 2.14. The highest BCUT2D eigenvalue weighted by Gasteiger charge is 2.11. The van der Waals surface area contributed by atoms with E-state index in [2.05, 4.69) is 0 Å². The molecule has 7 heteroatoms. The number of para-hydroxylation sites is 2. The summed E-state index contributed by atoms with van der Waals surface area (Å²) >= 11 is 0. The van der Waals surface area contributed by atoms with E-state index in [0.717, 1.165) is 11.0 Å². The molecule has 1 heterocycles. The number of fused-ring (bicyclic) bond motifs is 1. The molecule has 1 amide bonds. The summed E-state index contributed by atoms with van der Waals surface area (Å²) in [6.07, 6.45) is 0. The lowest BCUT2D eigenvalue weighted by Gasteiger charge is -2.07. The molecule has 0 atom stereocenters. The number of ether oxygens (including phenoxy) is 1. The number of amides is 1. The molecule has 1 aromatic heterocycles. The Bertz CT molecular complexity index is 928. The van der Waals surface area contributed by atoms with Gasteiger partial charge in [0, 0.05) is 0 Å². The molecule has 24 heavy (non-hydrogen) atoms. The van der Waals surface area contributed by atoms with Gasteiger partial charge in [-0.15, -0.1) is 0 Å². The molecule has 124 valence electrons. The number of benzene rings is 2. The van der Waals surface area contributed by atoms with Gasteiger partial charge in [0.25, 0.3) is 0 Å². The fourth-order valence-electron chi connectivity index (χ4n) is 2.62. The molecule has 0 aliphatic heterocycles. The summed E-state index contributed by atoms with van der Waals surface area (Å²) in [6, 6.07) is 13.2. The van der Waals surface area contributed by atoms with Gasteiger partial charge in [-0.1, -0.05) is 12.1 Å². The van der Waals surface area contributed by atoms with Gasteiger partial charge in [0.1, 0.15) is 24.7 Å². The van der Waals surface area contributed by atoms with Gasteiger partial charge in [-0.25, -0.2) is 4.39 Å². The van der Waals surface area contributed by atoms with Crippen LogP contribution in [0.2, 0.25) is 0 Å². The number of aromatic nitrogens is 2. The van der Waals surface area contributed by atoms with Gasteiger partial charge in [0.15, 0.2) is 0 Å². The van der Waals surface area contributed by atoms with E-state index in [1.807, 2.05) is 24.3 Å². The van der Waals surface area contributed by atoms with E-state index in [1.54, 1.807) is 21.3 Å². The summed E-state index contributed by atoms with van der Waals surface area (Å²) in [7, 11) is 0. The SMILES string of the molecule is N=c1n(CCOc2ccc(F)cc2)c2ccccc2n1CC(N)=O. The fourth-order valence-corrected chi connectivity index (χ4v) is 2.62. The van der Waals surface area contributed by atoms with Crippen molar-refractivity contribution in [3.63, 3.8) is 0 Å². The number of rotatable bonds is 6. The number of nitrogens with one attached hydrogen (secondary N) is 1. The van der Waals surface area contributed by atoms with Crippen molar-refractivity contribution in [1.82, 2.24) is 9.13 Å². The predicted octanol–water partition coefficient (Wildman–Crippen LogP) is 1.63. The number of hydrogen-bond donors (Lipinski definition) is 2. The molecular formula is C17H17FN4O2. The molecule has 0 unspecified atom stereocenters. The van der Waals surface area contributed by atoms with Gasteiger partial charge in [-0.05, 0) is 36.4 Å². The normalized spacial score (nSPS) is 10.9. The minimum absolute atomic E-state index is 0.0504. The number of nitrogens with zero attached hydrogens (tertiary/aromatic N) is 2. The van der Waals surface area contributed by atoms with Crippen LogP contribution >= 0.6 is 0 Å². The minimum Gasteiger partial charge on any atom is -0.492 e. The lowest BCUT2D eigenvalue weighted by atomic mass is 10.3. The number of halogens is 1. The van der Waals surface area contributed by atoms with Gasteiger partial charge in [0.2, 0.25) is 11.5 Å². The molecule has 2 aromatic carbocycles. The molecule has 3 N–H and O–H groups in total. The molecule has 3 rings (SSSR count). The summed E-state index contributed by atoms with van der Waals surface area (Å²) in [5.74, 6) is -0.261. The van der Waals surface area contributed by atoms with Crippen LogP contribution in [0, 0.1) is 11.2 Å². The molecule has 0 spiro atoms. The van der Waals surface area contributed by atoms with Gasteiger partial charge in [-0.3, -0.25) is 10.2 Å². The molecule has 6 nitrogen and oxygen atoms in total. The van der Waals surface area contributed by atoms with Crippen molar-refractivity contribution in [2.45, 2.75) is 13.1 Å². The van der Waals surface area contributed by atoms with Crippen LogP contribution in [-0.2, 0) is 17.9 Å². The predicted molar refractivity (Wildman–Crippen MR) is 86.9 cm³/mol. The van der Waals surface area contributed by atoms with Crippen molar-refractivity contribution in [2.75, 3.05) is 6.61 Å². The van der Waals surface area contributed by atoms with Crippen molar-refractivity contribution in [3.8, 4) is 5.75 Å². The lowest BCUT2D eigenvalue weighted by molar-refractivity contribution is -0.118. The molecule has 0 saturated heterocycles. The van der Waals surface area contributed by atoms with Crippen molar-refractivity contribution in [3.05, 3.63) is 60.0 Å². The van der Waals surface area contributed by atoms with Gasteiger partial charge >= 0.3 is 0 Å². The Morgan fingerprint density at radius 3 is 2.33 bits per heavy atom. The Hall–Kier alpha value is -3.09. The highest BCUT2D eigenvalue weighted by atomic mass is 19.1. The maximum atomic E-state index is 12.9. The van der Waals surface area contributed by atoms with Gasteiger partial charge in [-0.2, -0.15) is 0 Å². The minimum atomic E-state index is -0.501. The first-order chi connectivity index (χ1) is 11.6. The van der Waals surface area contributed by atoms with Crippen LogP contribution in [0.25, 0.3) is 11.0 Å². The van der Waals surface area contributed by atoms with E-state index in [9.17, 15) is 9.18 Å². The first-order valence-corrected chi connectivity index (χ1v) is 7.45. The van der Waals surface area contributed by atoms with E-state index in [0.29, 0.717) is 18.9 Å². The number of imidazole rings is 1. The molecule has 0 radical (unpaired) electrons. The molecule has 3 aromatic rings. The summed E-state index contributed by atoms with van der Waals surface area (Å²) in [4.78, 5) is 11.3. The summed E-state index contributed by atoms with van der Waals surface area (Å²) < 4.78 is 21.8. The largest absolute Gasteiger partial charge is 0.492 e. The average molecular weight is 328 g/mol. The third-order valence-electron chi connectivity index (χ3n) is 3.69. The number of carbonyl (C=O) groups excluding carboxylic acids is 1. The van der Waals surface area contributed by atoms with Crippen LogP contribution < -0.4 is 16.1 Å². The Balaban J connectivity index is 1.83. The second kappa shape index (κ2) is 6.57. The topological polar surface area (TPSA) is 86.0 Å². The van der Waals surface area contributed by atoms with E-state index in [-0.39, 0.29) is 18.0 Å². The second-order valence-corrected chi connectivity index (χ2v) is 5.32. The molecular weight excluding hydrogens is 311 g/mol. The van der Waals surface area contributed by atoms with Crippen molar-refractivity contribution >= 4 is 16.9 Å². The molecule has 0 fully saturated rings. The van der Waals surface area contributed by atoms with Crippen LogP contribution in [0.3, 0.4) is 0 Å². The van der Waals surface area contributed by atoms with Crippen LogP contribution in [0.5, 0.6) is 5.75 Å². The lowest BCUT2D eigenvalue weighted by Crippen LogP contribution is -2.30. The summed E-state index contributed by atoms with van der Waals surface area (Å²) in [6.45, 7) is 0.681. The maximum absolute atomic E-state index is 12.9. The maximum Gasteiger partial charge on any atom is 0.237 e. The van der Waals surface area contributed by atoms with Crippen LogP contribution in [0.4, 0.5) is 4.39 Å². The van der Waals surface area contributed by atoms with Gasteiger partial charge in [0.05, 0.1) is 17.6 Å². The molecule has 0 saturated carbocycles.